The van der Waals surface area contributed by atoms with Crippen molar-refractivity contribution in [3.63, 3.8) is 0 Å². The number of aryl methyl sites for hydroxylation is 2. The smallest absolute Gasteiger partial charge is 0.322 e. The average molecular weight is 466 g/mol. The van der Waals surface area contributed by atoms with Crippen molar-refractivity contribution in [3.05, 3.63) is 87.4 Å². The van der Waals surface area contributed by atoms with Gasteiger partial charge in [-0.05, 0) is 79.1 Å². The maximum atomic E-state index is 13.4. The van der Waals surface area contributed by atoms with Crippen LogP contribution in [-0.2, 0) is 17.9 Å². The first-order valence-electron chi connectivity index (χ1n) is 11.1. The van der Waals surface area contributed by atoms with Gasteiger partial charge in [-0.1, -0.05) is 24.3 Å². The maximum Gasteiger partial charge on any atom is 0.322 e. The molecule has 7 heteroatoms. The molecule has 1 aliphatic rings. The highest BCUT2D eigenvalue weighted by Crippen LogP contribution is 2.28. The van der Waals surface area contributed by atoms with Crippen LogP contribution in [-0.4, -0.2) is 34.3 Å². The largest absolute Gasteiger partial charge is 0.332 e. The van der Waals surface area contributed by atoms with E-state index in [2.05, 4.69) is 5.32 Å². The summed E-state index contributed by atoms with van der Waals surface area (Å²) in [6.07, 6.45) is 1.80. The monoisotopic (exact) mass is 465 g/mol. The highest BCUT2D eigenvalue weighted by atomic mass is 32.1. The van der Waals surface area contributed by atoms with Gasteiger partial charge in [0.1, 0.15) is 12.4 Å². The van der Waals surface area contributed by atoms with Crippen molar-refractivity contribution in [2.45, 2.75) is 45.8 Å². The highest BCUT2D eigenvalue weighted by molar-refractivity contribution is 7.09. The van der Waals surface area contributed by atoms with Gasteiger partial charge in [0, 0.05) is 23.2 Å². The van der Waals surface area contributed by atoms with E-state index in [1.165, 1.54) is 12.1 Å². The summed E-state index contributed by atoms with van der Waals surface area (Å²) in [6.45, 7) is 4.85. The third kappa shape index (κ3) is 6.20. The number of urea groups is 1. The Labute approximate surface area is 197 Å². The molecule has 0 unspecified atom stereocenters. The van der Waals surface area contributed by atoms with Crippen LogP contribution in [0, 0.1) is 19.7 Å². The molecule has 3 amide bonds. The normalized spacial score (nSPS) is 12.9. The van der Waals surface area contributed by atoms with Crippen molar-refractivity contribution in [3.8, 4) is 0 Å². The van der Waals surface area contributed by atoms with Gasteiger partial charge in [-0.2, -0.15) is 0 Å². The number of carbonyl (C=O) groups excluding carboxylic acids is 2. The molecule has 1 N–H and O–H groups in total. The van der Waals surface area contributed by atoms with E-state index < -0.39 is 0 Å². The summed E-state index contributed by atoms with van der Waals surface area (Å²) < 4.78 is 13.3. The molecule has 0 radical (unpaired) electrons. The quantitative estimate of drug-likeness (QED) is 0.462. The van der Waals surface area contributed by atoms with E-state index in [0.717, 1.165) is 40.1 Å². The Hall–Kier alpha value is -3.19. The van der Waals surface area contributed by atoms with Crippen molar-refractivity contribution >= 4 is 29.0 Å². The number of thiophene rings is 1. The summed E-state index contributed by atoms with van der Waals surface area (Å²) in [4.78, 5) is 30.9. The molecule has 172 valence electrons. The fraction of sp³-hybridized carbons (Fsp3) is 0.308. The van der Waals surface area contributed by atoms with Crippen LogP contribution >= 0.6 is 11.3 Å². The Kier molecular flexibility index (Phi) is 7.08. The van der Waals surface area contributed by atoms with Crippen LogP contribution in [0.2, 0.25) is 0 Å². The lowest BCUT2D eigenvalue weighted by Crippen LogP contribution is -2.45. The fourth-order valence-corrected chi connectivity index (χ4v) is 4.37. The van der Waals surface area contributed by atoms with E-state index in [0.29, 0.717) is 13.1 Å². The van der Waals surface area contributed by atoms with E-state index >= 15 is 0 Å². The second-order valence-electron chi connectivity index (χ2n) is 8.54. The molecule has 2 aromatic carbocycles. The molecule has 0 atom stereocenters. The van der Waals surface area contributed by atoms with Gasteiger partial charge in [0.05, 0.1) is 6.54 Å². The first kappa shape index (κ1) is 23.0. The number of anilines is 1. The molecule has 1 aliphatic carbocycles. The minimum Gasteiger partial charge on any atom is -0.332 e. The molecule has 0 saturated heterocycles. The van der Waals surface area contributed by atoms with Crippen LogP contribution in [0.3, 0.4) is 0 Å². The van der Waals surface area contributed by atoms with Gasteiger partial charge >= 0.3 is 6.03 Å². The van der Waals surface area contributed by atoms with Gasteiger partial charge in [0.15, 0.2) is 0 Å². The molecule has 0 bridgehead atoms. The molecule has 1 heterocycles. The number of rotatable bonds is 8. The number of carbonyl (C=O) groups is 2. The summed E-state index contributed by atoms with van der Waals surface area (Å²) in [7, 11) is 0. The first-order valence-corrected chi connectivity index (χ1v) is 12.0. The molecular weight excluding hydrogens is 437 g/mol. The number of halogens is 1. The third-order valence-corrected chi connectivity index (χ3v) is 6.74. The van der Waals surface area contributed by atoms with Gasteiger partial charge in [-0.15, -0.1) is 11.3 Å². The number of nitrogens with zero attached hydrogens (tertiary/aromatic N) is 2. The average Bonchev–Trinajstić information content (AvgIpc) is 3.50. The summed E-state index contributed by atoms with van der Waals surface area (Å²) in [5.41, 5.74) is 3.83. The number of hydrogen-bond donors (Lipinski definition) is 1. The van der Waals surface area contributed by atoms with E-state index in [-0.39, 0.29) is 30.3 Å². The molecule has 0 spiro atoms. The van der Waals surface area contributed by atoms with Crippen molar-refractivity contribution in [1.29, 1.82) is 0 Å². The molecule has 5 nitrogen and oxygen atoms in total. The SMILES string of the molecule is Cc1ccc(NC(=O)N(CC(=O)N(Cc2ccc(F)cc2)Cc2cccs2)C2CC2)cc1C. The molecule has 1 saturated carbocycles. The molecule has 1 fully saturated rings. The topological polar surface area (TPSA) is 52.7 Å². The second kappa shape index (κ2) is 10.2. The first-order chi connectivity index (χ1) is 15.9. The van der Waals surface area contributed by atoms with Crippen molar-refractivity contribution < 1.29 is 14.0 Å². The Morgan fingerprint density at radius 1 is 1.03 bits per heavy atom. The minimum atomic E-state index is -0.308. The number of benzene rings is 2. The number of nitrogens with one attached hydrogen (secondary N) is 1. The molecular formula is C26H28FN3O2S. The van der Waals surface area contributed by atoms with Crippen molar-refractivity contribution in [1.82, 2.24) is 9.80 Å². The summed E-state index contributed by atoms with van der Waals surface area (Å²) in [5, 5.41) is 4.93. The third-order valence-electron chi connectivity index (χ3n) is 5.88. The van der Waals surface area contributed by atoms with Crippen LogP contribution in [0.4, 0.5) is 14.9 Å². The van der Waals surface area contributed by atoms with Crippen LogP contribution < -0.4 is 5.32 Å². The van der Waals surface area contributed by atoms with Crippen LogP contribution in [0.15, 0.2) is 60.0 Å². The lowest BCUT2D eigenvalue weighted by atomic mass is 10.1. The Balaban J connectivity index is 1.48. The van der Waals surface area contributed by atoms with Gasteiger partial charge in [-0.25, -0.2) is 9.18 Å². The predicted molar refractivity (Wildman–Crippen MR) is 130 cm³/mol. The standard InChI is InChI=1S/C26H28FN3O2S/c1-18-5-10-22(14-19(18)2)28-26(32)30(23-11-12-23)17-25(31)29(16-24-4-3-13-33-24)15-20-6-8-21(27)9-7-20/h3-10,13-14,23H,11-12,15-17H2,1-2H3,(H,28,32). The van der Waals surface area contributed by atoms with E-state index in [4.69, 9.17) is 0 Å². The van der Waals surface area contributed by atoms with Gasteiger partial charge in [0.2, 0.25) is 5.91 Å². The summed E-state index contributed by atoms with van der Waals surface area (Å²) in [5.74, 6) is -0.437. The fourth-order valence-electron chi connectivity index (χ4n) is 3.65. The maximum absolute atomic E-state index is 13.4. The molecule has 3 aromatic rings. The van der Waals surface area contributed by atoms with E-state index in [9.17, 15) is 14.0 Å². The van der Waals surface area contributed by atoms with Crippen LogP contribution in [0.25, 0.3) is 0 Å². The van der Waals surface area contributed by atoms with E-state index in [1.807, 2.05) is 49.6 Å². The summed E-state index contributed by atoms with van der Waals surface area (Å²) >= 11 is 1.58. The van der Waals surface area contributed by atoms with Gasteiger partial charge in [0.25, 0.3) is 0 Å². The van der Waals surface area contributed by atoms with Crippen LogP contribution in [0.1, 0.15) is 34.4 Å². The summed E-state index contributed by atoms with van der Waals surface area (Å²) in [6, 6.07) is 15.7. The van der Waals surface area contributed by atoms with Crippen LogP contribution in [0.5, 0.6) is 0 Å². The zero-order valence-corrected chi connectivity index (χ0v) is 19.7. The molecule has 1 aromatic heterocycles. The lowest BCUT2D eigenvalue weighted by Gasteiger charge is -2.28. The number of hydrogen-bond acceptors (Lipinski definition) is 3. The lowest BCUT2D eigenvalue weighted by molar-refractivity contribution is -0.133. The molecule has 4 rings (SSSR count). The van der Waals surface area contributed by atoms with Crippen molar-refractivity contribution in [2.75, 3.05) is 11.9 Å². The van der Waals surface area contributed by atoms with Gasteiger partial charge in [-0.3, -0.25) is 4.79 Å². The predicted octanol–water partition coefficient (Wildman–Crippen LogP) is 5.73. The van der Waals surface area contributed by atoms with Gasteiger partial charge < -0.3 is 15.1 Å². The Bertz CT molecular complexity index is 1110. The second-order valence-corrected chi connectivity index (χ2v) is 9.58. The number of amides is 3. The minimum absolute atomic E-state index is 0.00785. The van der Waals surface area contributed by atoms with Crippen molar-refractivity contribution in [2.24, 2.45) is 0 Å². The highest BCUT2D eigenvalue weighted by Gasteiger charge is 2.35. The Morgan fingerprint density at radius 3 is 2.42 bits per heavy atom. The molecule has 33 heavy (non-hydrogen) atoms. The van der Waals surface area contributed by atoms with E-state index in [1.54, 1.807) is 33.3 Å². The molecule has 0 aliphatic heterocycles. The zero-order chi connectivity index (χ0) is 23.4. The zero-order valence-electron chi connectivity index (χ0n) is 18.9. The Morgan fingerprint density at radius 2 is 1.79 bits per heavy atom.